The van der Waals surface area contributed by atoms with Gasteiger partial charge in [0, 0.05) is 18.0 Å². The topological polar surface area (TPSA) is 108 Å². The third-order valence-electron chi connectivity index (χ3n) is 4.84. The molecular weight excluding hydrogens is 458 g/mol. The fraction of sp³-hybridized carbons (Fsp3) is 0.393. The minimum absolute atomic E-state index is 0.0850. The number of carbonyl (C=O) groups excluding carboxylic acids is 3. The molecule has 0 saturated heterocycles. The summed E-state index contributed by atoms with van der Waals surface area (Å²) in [5, 5.41) is 15.5. The van der Waals surface area contributed by atoms with Gasteiger partial charge in [-0.1, -0.05) is 48.9 Å². The molecule has 0 aromatic heterocycles. The molecule has 2 aromatic carbocycles. The zero-order chi connectivity index (χ0) is 27.1. The Balaban J connectivity index is 2.49. The number of ether oxygens (including phenoxy) is 1. The summed E-state index contributed by atoms with van der Waals surface area (Å²) in [6, 6.07) is 15.0. The third kappa shape index (κ3) is 8.66. The van der Waals surface area contributed by atoms with E-state index in [-0.39, 0.29) is 12.2 Å². The molecule has 0 aliphatic rings. The van der Waals surface area contributed by atoms with Gasteiger partial charge in [-0.2, -0.15) is 0 Å². The van der Waals surface area contributed by atoms with Crippen molar-refractivity contribution in [2.75, 3.05) is 0 Å². The van der Waals surface area contributed by atoms with Gasteiger partial charge in [0.25, 0.3) is 5.91 Å². The molecule has 0 aliphatic heterocycles. The summed E-state index contributed by atoms with van der Waals surface area (Å²) >= 11 is 0. The second-order valence-electron chi connectivity index (χ2n) is 10.5. The maximum Gasteiger partial charge on any atom is 0.408 e. The number of nitrogens with one attached hydrogen (secondary N) is 2. The van der Waals surface area contributed by atoms with E-state index in [1.54, 1.807) is 53.7 Å². The lowest BCUT2D eigenvalue weighted by molar-refractivity contribution is -0.139. The first-order chi connectivity index (χ1) is 16.7. The maximum absolute atomic E-state index is 13.8. The summed E-state index contributed by atoms with van der Waals surface area (Å²) in [6.45, 7) is 10.5. The molecule has 0 fully saturated rings. The largest absolute Gasteiger partial charge is 0.508 e. The number of hydrogen-bond donors (Lipinski definition) is 3. The normalized spacial score (nSPS) is 13.0. The van der Waals surface area contributed by atoms with E-state index in [9.17, 15) is 19.5 Å². The predicted octanol–water partition coefficient (Wildman–Crippen LogP) is 3.90. The van der Waals surface area contributed by atoms with Crippen LogP contribution in [-0.4, -0.2) is 45.1 Å². The van der Waals surface area contributed by atoms with Crippen molar-refractivity contribution in [1.29, 1.82) is 0 Å². The zero-order valence-corrected chi connectivity index (χ0v) is 21.7. The highest BCUT2D eigenvalue weighted by atomic mass is 16.6. The highest BCUT2D eigenvalue weighted by Crippen LogP contribution is 2.26. The molecule has 2 atom stereocenters. The minimum atomic E-state index is -1.26. The fourth-order valence-corrected chi connectivity index (χ4v) is 3.48. The molecule has 0 saturated carbocycles. The second kappa shape index (κ2) is 11.6. The lowest BCUT2D eigenvalue weighted by atomic mass is 9.99. The lowest BCUT2D eigenvalue weighted by Gasteiger charge is -2.32. The van der Waals surface area contributed by atoms with Crippen LogP contribution in [0.25, 0.3) is 0 Å². The Hall–Kier alpha value is -3.99. The van der Waals surface area contributed by atoms with Gasteiger partial charge >= 0.3 is 6.09 Å². The van der Waals surface area contributed by atoms with Crippen LogP contribution >= 0.6 is 0 Å². The summed E-state index contributed by atoms with van der Waals surface area (Å²) in [4.78, 5) is 40.8. The molecule has 36 heavy (non-hydrogen) atoms. The quantitative estimate of drug-likeness (QED) is 0.401. The third-order valence-corrected chi connectivity index (χ3v) is 4.84. The Labute approximate surface area is 213 Å². The molecule has 8 heteroatoms. The molecule has 8 nitrogen and oxygen atoms in total. The van der Waals surface area contributed by atoms with E-state index in [0.717, 1.165) is 10.5 Å². The summed E-state index contributed by atoms with van der Waals surface area (Å²) in [7, 11) is 0. The Morgan fingerprint density at radius 2 is 1.67 bits per heavy atom. The number of carbonyl (C=O) groups is 3. The van der Waals surface area contributed by atoms with Crippen LogP contribution in [0, 0.1) is 12.5 Å². The average molecular weight is 494 g/mol. The smallest absolute Gasteiger partial charge is 0.408 e. The van der Waals surface area contributed by atoms with Crippen LogP contribution in [-0.2, 0) is 20.7 Å². The Kier molecular flexibility index (Phi) is 9.12. The van der Waals surface area contributed by atoms with Crippen LogP contribution in [0.15, 0.2) is 54.6 Å². The molecule has 3 N–H and O–H groups in total. The van der Waals surface area contributed by atoms with Gasteiger partial charge in [-0.15, -0.1) is 0 Å². The van der Waals surface area contributed by atoms with Crippen molar-refractivity contribution in [1.82, 2.24) is 15.5 Å². The molecule has 192 valence electrons. The van der Waals surface area contributed by atoms with E-state index in [0.29, 0.717) is 5.56 Å². The van der Waals surface area contributed by atoms with Crippen molar-refractivity contribution in [2.45, 2.75) is 71.2 Å². The molecule has 2 rings (SSSR count). The van der Waals surface area contributed by atoms with Crippen molar-refractivity contribution < 1.29 is 24.2 Å². The Morgan fingerprint density at radius 1 is 1.03 bits per heavy atom. The van der Waals surface area contributed by atoms with Crippen molar-refractivity contribution in [3.05, 3.63) is 65.7 Å². The van der Waals surface area contributed by atoms with Crippen LogP contribution in [0.3, 0.4) is 0 Å². The van der Waals surface area contributed by atoms with E-state index in [1.807, 2.05) is 30.3 Å². The lowest BCUT2D eigenvalue weighted by Crippen LogP contribution is -2.53. The molecule has 0 aliphatic carbocycles. The summed E-state index contributed by atoms with van der Waals surface area (Å²) < 4.78 is 5.36. The number of phenolic OH excluding ortho intramolecular Hbond substituents is 1. The molecule has 2 aromatic rings. The molecule has 0 heterocycles. The van der Waals surface area contributed by atoms with Crippen molar-refractivity contribution in [2.24, 2.45) is 0 Å². The van der Waals surface area contributed by atoms with Crippen molar-refractivity contribution >= 4 is 17.9 Å². The first-order valence-electron chi connectivity index (χ1n) is 11.6. The highest BCUT2D eigenvalue weighted by Gasteiger charge is 2.37. The first kappa shape index (κ1) is 28.2. The number of terminal acetylenes is 1. The van der Waals surface area contributed by atoms with Gasteiger partial charge in [-0.25, -0.2) is 4.79 Å². The zero-order valence-electron chi connectivity index (χ0n) is 21.7. The van der Waals surface area contributed by atoms with Gasteiger partial charge in [0.15, 0.2) is 0 Å². The van der Waals surface area contributed by atoms with Gasteiger partial charge in [-0.3, -0.25) is 14.5 Å². The van der Waals surface area contributed by atoms with Crippen molar-refractivity contribution in [3.8, 4) is 18.2 Å². The van der Waals surface area contributed by atoms with Crippen LogP contribution in [0.4, 0.5) is 4.79 Å². The van der Waals surface area contributed by atoms with E-state index in [2.05, 4.69) is 16.7 Å². The minimum Gasteiger partial charge on any atom is -0.508 e. The van der Waals surface area contributed by atoms with Gasteiger partial charge in [-0.05, 0) is 64.8 Å². The average Bonchev–Trinajstić information content (AvgIpc) is 2.74. The number of phenols is 1. The first-order valence-corrected chi connectivity index (χ1v) is 11.6. The summed E-state index contributed by atoms with van der Waals surface area (Å²) in [5.41, 5.74) is -0.309. The van der Waals surface area contributed by atoms with E-state index in [1.165, 1.54) is 12.1 Å². The number of aromatic hydroxyl groups is 1. The van der Waals surface area contributed by atoms with Crippen LogP contribution < -0.4 is 10.6 Å². The van der Waals surface area contributed by atoms with Crippen LogP contribution in [0.2, 0.25) is 0 Å². The Bertz CT molecular complexity index is 1110. The number of nitrogens with zero attached hydrogens (tertiary/aromatic N) is 1. The molecule has 3 amide bonds. The number of hydrogen-bond acceptors (Lipinski definition) is 5. The van der Waals surface area contributed by atoms with Gasteiger partial charge in [0.2, 0.25) is 5.91 Å². The molecule has 0 spiro atoms. The number of benzene rings is 2. The summed E-state index contributed by atoms with van der Waals surface area (Å²) in [5.74, 6) is -1.29. The SMILES string of the molecule is C#CN(C(=O)C(Cc1ccccc1)NC(=O)OC(C)(C)C)C(C(=O)NC(C)(C)C)c1cccc(O)c1. The van der Waals surface area contributed by atoms with Crippen LogP contribution in [0.5, 0.6) is 5.75 Å². The molecule has 2 unspecified atom stereocenters. The number of alkyl carbamates (subject to hydrolysis) is 1. The van der Waals surface area contributed by atoms with E-state index < -0.39 is 41.1 Å². The van der Waals surface area contributed by atoms with E-state index >= 15 is 0 Å². The van der Waals surface area contributed by atoms with E-state index in [4.69, 9.17) is 11.2 Å². The van der Waals surface area contributed by atoms with Crippen molar-refractivity contribution in [3.63, 3.8) is 0 Å². The standard InChI is InChI=1S/C28H35N3O5/c1-8-31(23(24(33)30-27(2,3)4)20-15-12-16-21(32)18-20)25(34)22(17-19-13-10-9-11-14-19)29-26(35)36-28(5,6)7/h1,9-16,18,22-23,32H,17H2,2-7H3,(H,29,35)(H,30,33). The maximum atomic E-state index is 13.8. The number of amides is 3. The van der Waals surface area contributed by atoms with Gasteiger partial charge in [0.05, 0.1) is 0 Å². The second-order valence-corrected chi connectivity index (χ2v) is 10.5. The predicted molar refractivity (Wildman–Crippen MR) is 138 cm³/mol. The fourth-order valence-electron chi connectivity index (χ4n) is 3.48. The number of rotatable bonds is 7. The molecular formula is C28H35N3O5. The van der Waals surface area contributed by atoms with Gasteiger partial charge in [0.1, 0.15) is 23.4 Å². The summed E-state index contributed by atoms with van der Waals surface area (Å²) in [6.07, 6.45) is 5.11. The van der Waals surface area contributed by atoms with Gasteiger partial charge < -0.3 is 20.5 Å². The monoisotopic (exact) mass is 493 g/mol. The van der Waals surface area contributed by atoms with Crippen LogP contribution in [0.1, 0.15) is 58.7 Å². The molecule has 0 radical (unpaired) electrons. The molecule has 0 bridgehead atoms. The Morgan fingerprint density at radius 3 is 2.19 bits per heavy atom. The highest BCUT2D eigenvalue weighted by molar-refractivity contribution is 5.93.